The molecule has 0 heterocycles. The van der Waals surface area contributed by atoms with Crippen LogP contribution in [0.5, 0.6) is 0 Å². The summed E-state index contributed by atoms with van der Waals surface area (Å²) in [5.74, 6) is 1.77. The zero-order valence-corrected chi connectivity index (χ0v) is 12.1. The fourth-order valence-electron chi connectivity index (χ4n) is 1.53. The molecule has 0 radical (unpaired) electrons. The molecule has 0 aromatic heterocycles. The number of hydrogen-bond acceptors (Lipinski definition) is 1. The van der Waals surface area contributed by atoms with Crippen LogP contribution in [0.15, 0.2) is 41.3 Å². The summed E-state index contributed by atoms with van der Waals surface area (Å²) in [6.07, 6.45) is 4.11. The molecule has 0 amide bonds. The lowest BCUT2D eigenvalue weighted by Gasteiger charge is -2.13. The number of allylic oxidation sites excluding steroid dienone is 2. The third kappa shape index (κ3) is 4.08. The summed E-state index contributed by atoms with van der Waals surface area (Å²) in [5.41, 5.74) is 4.02. The summed E-state index contributed by atoms with van der Waals surface area (Å²) in [6, 6.07) is 6.52. The van der Waals surface area contributed by atoms with Gasteiger partial charge in [-0.25, -0.2) is 0 Å². The van der Waals surface area contributed by atoms with Gasteiger partial charge in [-0.15, -0.1) is 11.8 Å². The van der Waals surface area contributed by atoms with Gasteiger partial charge in [0.2, 0.25) is 0 Å². The minimum atomic E-state index is 0.636. The van der Waals surface area contributed by atoms with E-state index in [1.807, 2.05) is 17.8 Å². The van der Waals surface area contributed by atoms with Crippen LogP contribution < -0.4 is 0 Å². The summed E-state index contributed by atoms with van der Waals surface area (Å²) < 4.78 is 0. The van der Waals surface area contributed by atoms with Gasteiger partial charge in [-0.3, -0.25) is 0 Å². The van der Waals surface area contributed by atoms with Crippen molar-refractivity contribution in [2.45, 2.75) is 32.6 Å². The molecule has 17 heavy (non-hydrogen) atoms. The lowest BCUT2D eigenvalue weighted by Crippen LogP contribution is -1.99. The van der Waals surface area contributed by atoms with Gasteiger partial charge in [-0.05, 0) is 43.9 Å². The molecule has 1 atom stereocenters. The van der Waals surface area contributed by atoms with E-state index in [9.17, 15) is 0 Å². The van der Waals surface area contributed by atoms with Crippen molar-refractivity contribution >= 4 is 17.8 Å². The largest absolute Gasteiger partial charge is 0.125 e. The Labute approximate surface area is 110 Å². The Morgan fingerprint density at radius 2 is 2.18 bits per heavy atom. The number of thioether (sulfide) groups is 1. The first kappa shape index (κ1) is 14.1. The van der Waals surface area contributed by atoms with Gasteiger partial charge >= 0.3 is 0 Å². The van der Waals surface area contributed by atoms with Crippen molar-refractivity contribution in [2.75, 3.05) is 5.75 Å². The topological polar surface area (TPSA) is 0 Å². The van der Waals surface area contributed by atoms with Gasteiger partial charge in [0.25, 0.3) is 0 Å². The predicted octanol–water partition coefficient (Wildman–Crippen LogP) is 5.33. The van der Waals surface area contributed by atoms with Gasteiger partial charge in [0.05, 0.1) is 0 Å². The van der Waals surface area contributed by atoms with E-state index in [0.717, 1.165) is 5.75 Å². The third-order valence-electron chi connectivity index (χ3n) is 3.17. The summed E-state index contributed by atoms with van der Waals surface area (Å²) in [4.78, 5) is 1.37. The molecule has 0 saturated heterocycles. The van der Waals surface area contributed by atoms with Crippen LogP contribution in [0, 0.1) is 12.8 Å². The molecule has 92 valence electrons. The van der Waals surface area contributed by atoms with Crippen molar-refractivity contribution in [3.8, 4) is 0 Å². The van der Waals surface area contributed by atoms with Crippen molar-refractivity contribution in [2.24, 2.45) is 5.92 Å². The van der Waals surface area contributed by atoms with Crippen molar-refractivity contribution in [1.29, 1.82) is 0 Å². The molecule has 0 saturated carbocycles. The van der Waals surface area contributed by atoms with E-state index in [2.05, 4.69) is 58.5 Å². The van der Waals surface area contributed by atoms with Crippen molar-refractivity contribution in [3.63, 3.8) is 0 Å². The van der Waals surface area contributed by atoms with Gasteiger partial charge in [0, 0.05) is 10.6 Å². The van der Waals surface area contributed by atoms with E-state index in [0.29, 0.717) is 5.92 Å². The minimum absolute atomic E-state index is 0.636. The van der Waals surface area contributed by atoms with Crippen LogP contribution in [0.2, 0.25) is 0 Å². The van der Waals surface area contributed by atoms with Crippen LogP contribution in [0.1, 0.15) is 31.9 Å². The average molecular weight is 246 g/mol. The summed E-state index contributed by atoms with van der Waals surface area (Å²) in [5, 5.41) is 0. The first-order valence-electron chi connectivity index (χ1n) is 6.07. The first-order chi connectivity index (χ1) is 8.08. The zero-order chi connectivity index (χ0) is 12.8. The fourth-order valence-corrected chi connectivity index (χ4v) is 2.74. The Hall–Kier alpha value is -0.950. The van der Waals surface area contributed by atoms with E-state index < -0.39 is 0 Å². The molecular formula is C16H22S. The highest BCUT2D eigenvalue weighted by molar-refractivity contribution is 7.99. The van der Waals surface area contributed by atoms with E-state index in [-0.39, 0.29) is 0 Å². The van der Waals surface area contributed by atoms with Crippen molar-refractivity contribution in [3.05, 3.63) is 47.6 Å². The van der Waals surface area contributed by atoms with Crippen LogP contribution in [-0.2, 0) is 0 Å². The van der Waals surface area contributed by atoms with Gasteiger partial charge in [0.15, 0.2) is 0 Å². The maximum absolute atomic E-state index is 3.82. The van der Waals surface area contributed by atoms with Crippen LogP contribution in [0.25, 0.3) is 6.08 Å². The molecule has 1 heteroatoms. The maximum atomic E-state index is 3.82. The molecule has 1 aromatic rings. The lowest BCUT2D eigenvalue weighted by molar-refractivity contribution is 0.780. The molecule has 0 aliphatic carbocycles. The Bertz CT molecular complexity index is 416. The second-order valence-electron chi connectivity index (χ2n) is 4.47. The Kier molecular flexibility index (Phi) is 5.57. The number of aryl methyl sites for hydroxylation is 1. The number of hydrogen-bond donors (Lipinski definition) is 0. The molecule has 0 N–H and O–H groups in total. The fraction of sp³-hybridized carbons (Fsp3) is 0.375. The zero-order valence-electron chi connectivity index (χ0n) is 11.3. The van der Waals surface area contributed by atoms with Gasteiger partial charge in [0.1, 0.15) is 0 Å². The quantitative estimate of drug-likeness (QED) is 0.499. The van der Waals surface area contributed by atoms with Crippen LogP contribution in [-0.4, -0.2) is 5.75 Å². The molecular weight excluding hydrogens is 224 g/mol. The Morgan fingerprint density at radius 1 is 1.47 bits per heavy atom. The second-order valence-corrected chi connectivity index (χ2v) is 5.54. The van der Waals surface area contributed by atoms with Gasteiger partial charge in [-0.2, -0.15) is 0 Å². The average Bonchev–Trinajstić information content (AvgIpc) is 2.36. The molecule has 0 aliphatic rings. The highest BCUT2D eigenvalue weighted by Gasteiger charge is 2.06. The highest BCUT2D eigenvalue weighted by atomic mass is 32.2. The SMILES string of the molecule is C=Cc1ccc(C)c(SC[C@H](C)/C(C)=C\C)c1. The van der Waals surface area contributed by atoms with Crippen molar-refractivity contribution < 1.29 is 0 Å². The summed E-state index contributed by atoms with van der Waals surface area (Å²) in [7, 11) is 0. The van der Waals surface area contributed by atoms with Gasteiger partial charge < -0.3 is 0 Å². The van der Waals surface area contributed by atoms with E-state index >= 15 is 0 Å². The molecule has 0 spiro atoms. The molecule has 0 nitrogen and oxygen atoms in total. The second kappa shape index (κ2) is 6.70. The lowest BCUT2D eigenvalue weighted by atomic mass is 10.1. The molecule has 0 unspecified atom stereocenters. The highest BCUT2D eigenvalue weighted by Crippen LogP contribution is 2.27. The molecule has 1 aromatic carbocycles. The van der Waals surface area contributed by atoms with E-state index in [1.54, 1.807) is 0 Å². The third-order valence-corrected chi connectivity index (χ3v) is 4.59. The summed E-state index contributed by atoms with van der Waals surface area (Å²) >= 11 is 1.94. The van der Waals surface area contributed by atoms with Crippen molar-refractivity contribution in [1.82, 2.24) is 0 Å². The summed E-state index contributed by atoms with van der Waals surface area (Å²) in [6.45, 7) is 12.6. The molecule has 0 aliphatic heterocycles. The Morgan fingerprint density at radius 3 is 2.76 bits per heavy atom. The number of benzene rings is 1. The monoisotopic (exact) mass is 246 g/mol. The molecule has 0 fully saturated rings. The number of rotatable bonds is 5. The van der Waals surface area contributed by atoms with E-state index in [4.69, 9.17) is 0 Å². The Balaban J connectivity index is 2.72. The predicted molar refractivity (Wildman–Crippen MR) is 80.6 cm³/mol. The van der Waals surface area contributed by atoms with Crippen LogP contribution in [0.3, 0.4) is 0 Å². The van der Waals surface area contributed by atoms with Gasteiger partial charge in [-0.1, -0.05) is 43.4 Å². The smallest absolute Gasteiger partial charge is 0.0107 e. The first-order valence-corrected chi connectivity index (χ1v) is 7.05. The minimum Gasteiger partial charge on any atom is -0.125 e. The van der Waals surface area contributed by atoms with E-state index in [1.165, 1.54) is 21.6 Å². The molecule has 0 bridgehead atoms. The molecule has 1 rings (SSSR count). The normalized spacial score (nSPS) is 13.5. The van der Waals surface area contributed by atoms with Crippen LogP contribution in [0.4, 0.5) is 0 Å². The maximum Gasteiger partial charge on any atom is 0.0107 e. The standard InChI is InChI=1S/C16H22S/c1-6-12(3)14(5)11-17-16-10-15(7-2)9-8-13(16)4/h6-10,14H,2,11H2,1,3-5H3/b12-6-/t14-/m0/s1. The van der Waals surface area contributed by atoms with Crippen LogP contribution >= 0.6 is 11.8 Å².